The molecule has 0 amide bonds. The van der Waals surface area contributed by atoms with E-state index in [-0.39, 0.29) is 5.97 Å². The molecule has 3 heteroatoms. The Morgan fingerprint density at radius 2 is 2.29 bits per heavy atom. The molecule has 0 saturated heterocycles. The standard InChI is InChI=1S/C11H15NO2/c1-14-11(13)9-7-10-5-3-2-4-6-12(10)8-9/h7-8H,2-6H2,1H3. The minimum absolute atomic E-state index is 0.231. The maximum absolute atomic E-state index is 11.3. The summed E-state index contributed by atoms with van der Waals surface area (Å²) in [4.78, 5) is 11.3. The monoisotopic (exact) mass is 193 g/mol. The molecule has 0 radical (unpaired) electrons. The molecule has 1 aromatic rings. The predicted octanol–water partition coefficient (Wildman–Crippen LogP) is 2.00. The van der Waals surface area contributed by atoms with Crippen molar-refractivity contribution in [3.63, 3.8) is 0 Å². The normalized spacial score (nSPS) is 15.8. The number of esters is 1. The van der Waals surface area contributed by atoms with Crippen molar-refractivity contribution >= 4 is 5.97 Å². The lowest BCUT2D eigenvalue weighted by Crippen LogP contribution is -2.00. The van der Waals surface area contributed by atoms with Gasteiger partial charge in [0.05, 0.1) is 12.7 Å². The predicted molar refractivity (Wildman–Crippen MR) is 53.3 cm³/mol. The molecule has 0 bridgehead atoms. The fourth-order valence-electron chi connectivity index (χ4n) is 1.97. The van der Waals surface area contributed by atoms with Crippen LogP contribution in [0.25, 0.3) is 0 Å². The average molecular weight is 193 g/mol. The number of methoxy groups -OCH3 is 1. The van der Waals surface area contributed by atoms with Gasteiger partial charge in [-0.15, -0.1) is 0 Å². The molecule has 0 N–H and O–H groups in total. The Labute approximate surface area is 83.7 Å². The zero-order chi connectivity index (χ0) is 9.97. The van der Waals surface area contributed by atoms with Crippen molar-refractivity contribution in [1.29, 1.82) is 0 Å². The van der Waals surface area contributed by atoms with Crippen LogP contribution in [0.5, 0.6) is 0 Å². The van der Waals surface area contributed by atoms with E-state index in [1.165, 1.54) is 32.1 Å². The summed E-state index contributed by atoms with van der Waals surface area (Å²) in [6, 6.07) is 1.96. The number of hydrogen-bond acceptors (Lipinski definition) is 2. The molecule has 3 nitrogen and oxygen atoms in total. The van der Waals surface area contributed by atoms with Crippen LogP contribution < -0.4 is 0 Å². The minimum Gasteiger partial charge on any atom is -0.465 e. The van der Waals surface area contributed by atoms with E-state index in [0.717, 1.165) is 13.0 Å². The number of hydrogen-bond donors (Lipinski definition) is 0. The molecule has 0 atom stereocenters. The van der Waals surface area contributed by atoms with Crippen LogP contribution in [0.15, 0.2) is 12.3 Å². The van der Waals surface area contributed by atoms with Gasteiger partial charge in [0.1, 0.15) is 0 Å². The number of aryl methyl sites for hydroxylation is 2. The van der Waals surface area contributed by atoms with Crippen LogP contribution in [-0.2, 0) is 17.7 Å². The zero-order valence-corrected chi connectivity index (χ0v) is 8.45. The number of rotatable bonds is 1. The first-order valence-corrected chi connectivity index (χ1v) is 5.08. The van der Waals surface area contributed by atoms with Crippen LogP contribution in [0.2, 0.25) is 0 Å². The van der Waals surface area contributed by atoms with Crippen LogP contribution in [0, 0.1) is 0 Å². The minimum atomic E-state index is -0.231. The van der Waals surface area contributed by atoms with Gasteiger partial charge >= 0.3 is 5.97 Å². The first-order valence-electron chi connectivity index (χ1n) is 5.08. The number of carbonyl (C=O) groups excluding carboxylic acids is 1. The fourth-order valence-corrected chi connectivity index (χ4v) is 1.97. The van der Waals surface area contributed by atoms with Gasteiger partial charge in [-0.1, -0.05) is 6.42 Å². The first kappa shape index (κ1) is 9.31. The fraction of sp³-hybridized carbons (Fsp3) is 0.545. The van der Waals surface area contributed by atoms with E-state index < -0.39 is 0 Å². The summed E-state index contributed by atoms with van der Waals surface area (Å²) in [7, 11) is 1.42. The Morgan fingerprint density at radius 3 is 3.07 bits per heavy atom. The highest BCUT2D eigenvalue weighted by molar-refractivity contribution is 5.89. The summed E-state index contributed by atoms with van der Waals surface area (Å²) in [5.74, 6) is -0.231. The molecular weight excluding hydrogens is 178 g/mol. The summed E-state index contributed by atoms with van der Waals surface area (Å²) >= 11 is 0. The number of carbonyl (C=O) groups is 1. The van der Waals surface area contributed by atoms with Crippen molar-refractivity contribution in [2.75, 3.05) is 7.11 Å². The first-order chi connectivity index (χ1) is 6.81. The third-order valence-electron chi connectivity index (χ3n) is 2.74. The molecule has 14 heavy (non-hydrogen) atoms. The lowest BCUT2D eigenvalue weighted by Gasteiger charge is -2.01. The molecule has 0 aliphatic carbocycles. The van der Waals surface area contributed by atoms with E-state index in [4.69, 9.17) is 4.74 Å². The van der Waals surface area contributed by atoms with Gasteiger partial charge in [0.15, 0.2) is 0 Å². The van der Waals surface area contributed by atoms with Crippen molar-refractivity contribution in [2.45, 2.75) is 32.2 Å². The van der Waals surface area contributed by atoms with Crippen LogP contribution in [-0.4, -0.2) is 17.6 Å². The van der Waals surface area contributed by atoms with Crippen molar-refractivity contribution < 1.29 is 9.53 Å². The number of ether oxygens (including phenoxy) is 1. The molecule has 0 aromatic carbocycles. The van der Waals surface area contributed by atoms with E-state index in [1.807, 2.05) is 12.3 Å². The molecule has 0 unspecified atom stereocenters. The second-order valence-electron chi connectivity index (χ2n) is 3.72. The molecule has 1 aliphatic heterocycles. The van der Waals surface area contributed by atoms with E-state index in [0.29, 0.717) is 5.56 Å². The molecule has 2 heterocycles. The molecule has 76 valence electrons. The van der Waals surface area contributed by atoms with Gasteiger partial charge in [-0.05, 0) is 25.3 Å². The smallest absolute Gasteiger partial charge is 0.339 e. The van der Waals surface area contributed by atoms with Crippen LogP contribution in [0.1, 0.15) is 35.3 Å². The maximum atomic E-state index is 11.3. The lowest BCUT2D eigenvalue weighted by molar-refractivity contribution is 0.0600. The lowest BCUT2D eigenvalue weighted by atomic mass is 10.2. The largest absolute Gasteiger partial charge is 0.465 e. The summed E-state index contributed by atoms with van der Waals surface area (Å²) in [5, 5.41) is 0. The Bertz CT molecular complexity index is 318. The number of aromatic nitrogens is 1. The SMILES string of the molecule is COC(=O)c1cc2n(c1)CCCCC2. The van der Waals surface area contributed by atoms with E-state index >= 15 is 0 Å². The molecule has 1 aliphatic rings. The van der Waals surface area contributed by atoms with E-state index in [2.05, 4.69) is 4.57 Å². The second-order valence-corrected chi connectivity index (χ2v) is 3.72. The van der Waals surface area contributed by atoms with E-state index in [9.17, 15) is 4.79 Å². The van der Waals surface area contributed by atoms with Crippen molar-refractivity contribution in [3.8, 4) is 0 Å². The molecule has 0 spiro atoms. The molecule has 0 fully saturated rings. The van der Waals surface area contributed by atoms with Gasteiger partial charge in [0.25, 0.3) is 0 Å². The molecular formula is C11H15NO2. The highest BCUT2D eigenvalue weighted by Gasteiger charge is 2.13. The quantitative estimate of drug-likeness (QED) is 0.639. The summed E-state index contributed by atoms with van der Waals surface area (Å²) < 4.78 is 6.87. The molecule has 2 rings (SSSR count). The highest BCUT2D eigenvalue weighted by Crippen LogP contribution is 2.18. The van der Waals surface area contributed by atoms with E-state index in [1.54, 1.807) is 0 Å². The van der Waals surface area contributed by atoms with Gasteiger partial charge in [0, 0.05) is 18.4 Å². The average Bonchev–Trinajstić information content (AvgIpc) is 2.49. The summed E-state index contributed by atoms with van der Waals surface area (Å²) in [6.45, 7) is 1.03. The van der Waals surface area contributed by atoms with Crippen LogP contribution in [0.4, 0.5) is 0 Å². The third-order valence-corrected chi connectivity index (χ3v) is 2.74. The van der Waals surface area contributed by atoms with Gasteiger partial charge in [-0.3, -0.25) is 0 Å². The maximum Gasteiger partial charge on any atom is 0.339 e. The Morgan fingerprint density at radius 1 is 1.43 bits per heavy atom. The van der Waals surface area contributed by atoms with Gasteiger partial charge < -0.3 is 9.30 Å². The zero-order valence-electron chi connectivity index (χ0n) is 8.45. The van der Waals surface area contributed by atoms with Crippen LogP contribution >= 0.6 is 0 Å². The van der Waals surface area contributed by atoms with Gasteiger partial charge in [-0.2, -0.15) is 0 Å². The topological polar surface area (TPSA) is 31.2 Å². The van der Waals surface area contributed by atoms with Gasteiger partial charge in [0.2, 0.25) is 0 Å². The Kier molecular flexibility index (Phi) is 2.57. The van der Waals surface area contributed by atoms with Crippen molar-refractivity contribution in [2.24, 2.45) is 0 Å². The summed E-state index contributed by atoms with van der Waals surface area (Å²) in [5.41, 5.74) is 1.95. The Hall–Kier alpha value is -1.25. The number of nitrogens with zero attached hydrogens (tertiary/aromatic N) is 1. The second kappa shape index (κ2) is 3.86. The van der Waals surface area contributed by atoms with Crippen molar-refractivity contribution in [3.05, 3.63) is 23.5 Å². The highest BCUT2D eigenvalue weighted by atomic mass is 16.5. The van der Waals surface area contributed by atoms with Gasteiger partial charge in [-0.25, -0.2) is 4.79 Å². The van der Waals surface area contributed by atoms with Crippen LogP contribution in [0.3, 0.4) is 0 Å². The Balaban J connectivity index is 2.26. The summed E-state index contributed by atoms with van der Waals surface area (Å²) in [6.07, 6.45) is 6.71. The molecule has 1 aromatic heterocycles. The van der Waals surface area contributed by atoms with Crippen molar-refractivity contribution in [1.82, 2.24) is 4.57 Å². The molecule has 0 saturated carbocycles. The third kappa shape index (κ3) is 1.67. The number of fused-ring (bicyclic) bond motifs is 1.